The number of hydrogen-bond donors (Lipinski definition) is 2. The highest BCUT2D eigenvalue weighted by Crippen LogP contribution is 2.35. The van der Waals surface area contributed by atoms with E-state index in [1.165, 1.54) is 6.33 Å². The first-order chi connectivity index (χ1) is 17.7. The van der Waals surface area contributed by atoms with Crippen molar-refractivity contribution in [3.63, 3.8) is 0 Å². The Morgan fingerprint density at radius 2 is 1.72 bits per heavy atom. The lowest BCUT2D eigenvalue weighted by Crippen LogP contribution is -2.37. The molecule has 179 valence electrons. The van der Waals surface area contributed by atoms with Crippen LogP contribution in [0.4, 0.5) is 17.2 Å². The summed E-state index contributed by atoms with van der Waals surface area (Å²) in [5, 5.41) is 5.81. The van der Waals surface area contributed by atoms with Crippen LogP contribution in [-0.2, 0) is 0 Å². The van der Waals surface area contributed by atoms with Gasteiger partial charge in [0.2, 0.25) is 0 Å². The fourth-order valence-electron chi connectivity index (χ4n) is 4.77. The molecule has 0 spiro atoms. The number of benzene rings is 3. The van der Waals surface area contributed by atoms with Gasteiger partial charge < -0.3 is 21.1 Å². The number of anilines is 3. The van der Waals surface area contributed by atoms with Crippen molar-refractivity contribution in [2.45, 2.75) is 18.9 Å². The molecule has 1 radical (unpaired) electrons. The lowest BCUT2D eigenvalue weighted by molar-refractivity contribution is 0.384. The van der Waals surface area contributed by atoms with Gasteiger partial charge in [0, 0.05) is 36.1 Å². The van der Waals surface area contributed by atoms with Crippen molar-refractivity contribution in [3.05, 3.63) is 85.2 Å². The van der Waals surface area contributed by atoms with E-state index in [1.54, 1.807) is 0 Å². The third kappa shape index (κ3) is 4.17. The summed E-state index contributed by atoms with van der Waals surface area (Å²) in [5.41, 5.74) is 16.4. The number of nitrogens with zero attached hydrogens (tertiary/aromatic N) is 5. The van der Waals surface area contributed by atoms with Crippen LogP contribution in [0.3, 0.4) is 0 Å². The second-order valence-electron chi connectivity index (χ2n) is 8.93. The molecule has 0 bridgehead atoms. The normalized spacial score (nSPS) is 15.8. The predicted octanol–water partition coefficient (Wildman–Crippen LogP) is 5.09. The number of aromatic nitrogens is 4. The van der Waals surface area contributed by atoms with Crippen molar-refractivity contribution in [2.75, 3.05) is 29.5 Å². The largest absolute Gasteiger partial charge is 0.457 e. The maximum Gasteiger partial charge on any atom is 0.164 e. The van der Waals surface area contributed by atoms with Gasteiger partial charge in [0.1, 0.15) is 29.3 Å². The van der Waals surface area contributed by atoms with Gasteiger partial charge in [-0.15, -0.1) is 0 Å². The van der Waals surface area contributed by atoms with E-state index >= 15 is 0 Å². The molecular formula is C28H26N7O. The number of hydrogen-bond acceptors (Lipinski definition) is 7. The van der Waals surface area contributed by atoms with Crippen LogP contribution in [0.5, 0.6) is 11.5 Å². The molecule has 3 heterocycles. The van der Waals surface area contributed by atoms with Crippen molar-refractivity contribution in [1.29, 1.82) is 0 Å². The zero-order valence-electron chi connectivity index (χ0n) is 19.7. The Balaban J connectivity index is 1.33. The zero-order chi connectivity index (χ0) is 24.5. The van der Waals surface area contributed by atoms with E-state index in [9.17, 15) is 0 Å². The third-order valence-corrected chi connectivity index (χ3v) is 6.55. The molecule has 1 fully saturated rings. The molecule has 4 N–H and O–H groups in total. The fraction of sp³-hybridized carbons (Fsp3) is 0.179. The Morgan fingerprint density at radius 3 is 2.50 bits per heavy atom. The van der Waals surface area contributed by atoms with Crippen LogP contribution < -0.4 is 21.1 Å². The summed E-state index contributed by atoms with van der Waals surface area (Å²) in [7, 11) is 0. The molecule has 0 aliphatic carbocycles. The van der Waals surface area contributed by atoms with Crippen LogP contribution in [0.25, 0.3) is 22.3 Å². The Hall–Kier alpha value is -4.59. The van der Waals surface area contributed by atoms with E-state index in [4.69, 9.17) is 21.3 Å². The minimum atomic E-state index is 0.141. The minimum Gasteiger partial charge on any atom is -0.457 e. The molecule has 5 aromatic rings. The minimum absolute atomic E-state index is 0.141. The van der Waals surface area contributed by atoms with Gasteiger partial charge >= 0.3 is 0 Å². The smallest absolute Gasteiger partial charge is 0.164 e. The summed E-state index contributed by atoms with van der Waals surface area (Å²) in [4.78, 5) is 11.2. The molecular weight excluding hydrogens is 450 g/mol. The van der Waals surface area contributed by atoms with Crippen LogP contribution in [0.2, 0.25) is 0 Å². The molecule has 1 aliphatic rings. The molecule has 8 nitrogen and oxygen atoms in total. The van der Waals surface area contributed by atoms with Gasteiger partial charge in [0.15, 0.2) is 5.65 Å². The average molecular weight is 477 g/mol. The summed E-state index contributed by atoms with van der Waals surface area (Å²) >= 11 is 0. The first kappa shape index (κ1) is 21.9. The standard InChI is InChI=1S/C28H26N7O/c29-20-10-12-21(13-11-20)34-16-4-5-22(17-34)35-28-25(27(30)31-18-32-28)26(33-35)19-8-14-24(15-9-19)36-23-6-2-1-3-7-23/h1-3,6-10,12-15,18,22H,4-5,16-17,29H2,(H2,30,31,32). The lowest BCUT2D eigenvalue weighted by atomic mass is 10.0. The van der Waals surface area contributed by atoms with E-state index in [2.05, 4.69) is 20.9 Å². The van der Waals surface area contributed by atoms with E-state index < -0.39 is 0 Å². The summed E-state index contributed by atoms with van der Waals surface area (Å²) in [6.45, 7) is 1.78. The Kier molecular flexibility index (Phi) is 5.61. The Labute approximate surface area is 209 Å². The summed E-state index contributed by atoms with van der Waals surface area (Å²) < 4.78 is 7.97. The number of para-hydroxylation sites is 1. The Morgan fingerprint density at radius 1 is 0.917 bits per heavy atom. The third-order valence-electron chi connectivity index (χ3n) is 6.55. The molecule has 1 unspecified atom stereocenters. The van der Waals surface area contributed by atoms with Crippen molar-refractivity contribution in [1.82, 2.24) is 19.7 Å². The van der Waals surface area contributed by atoms with Crippen LogP contribution in [0.1, 0.15) is 18.9 Å². The summed E-state index contributed by atoms with van der Waals surface area (Å²) in [5.74, 6) is 1.96. The average Bonchev–Trinajstić information content (AvgIpc) is 3.31. The molecule has 1 saturated heterocycles. The van der Waals surface area contributed by atoms with Crippen molar-refractivity contribution >= 4 is 28.2 Å². The molecule has 8 heteroatoms. The number of piperidine rings is 1. The van der Waals surface area contributed by atoms with Gasteiger partial charge in [-0.25, -0.2) is 14.6 Å². The van der Waals surface area contributed by atoms with Gasteiger partial charge in [0.25, 0.3) is 0 Å². The van der Waals surface area contributed by atoms with E-state index in [0.717, 1.165) is 65.4 Å². The maximum atomic E-state index is 6.35. The summed E-state index contributed by atoms with van der Waals surface area (Å²) in [6.07, 6.45) is 3.54. The number of nitrogen functional groups attached to an aromatic ring is 2. The second kappa shape index (κ2) is 9.22. The van der Waals surface area contributed by atoms with Crippen molar-refractivity contribution in [3.8, 4) is 22.8 Å². The number of nitrogens with two attached hydrogens (primary N) is 2. The highest BCUT2D eigenvalue weighted by atomic mass is 16.5. The molecule has 6 rings (SSSR count). The molecule has 1 atom stereocenters. The second-order valence-corrected chi connectivity index (χ2v) is 8.93. The van der Waals surface area contributed by atoms with E-state index in [-0.39, 0.29) is 6.04 Å². The first-order valence-corrected chi connectivity index (χ1v) is 12.0. The quantitative estimate of drug-likeness (QED) is 0.340. The van der Waals surface area contributed by atoms with Gasteiger partial charge in [-0.3, -0.25) is 0 Å². The van der Waals surface area contributed by atoms with Crippen LogP contribution in [-0.4, -0.2) is 32.8 Å². The van der Waals surface area contributed by atoms with Gasteiger partial charge in [0.05, 0.1) is 11.4 Å². The maximum absolute atomic E-state index is 6.35. The lowest BCUT2D eigenvalue weighted by Gasteiger charge is -2.34. The van der Waals surface area contributed by atoms with Crippen LogP contribution in [0.15, 0.2) is 79.1 Å². The van der Waals surface area contributed by atoms with Gasteiger partial charge in [-0.05, 0) is 67.4 Å². The Bertz CT molecular complexity index is 1480. The topological polar surface area (TPSA) is 108 Å². The molecule has 3 aromatic carbocycles. The monoisotopic (exact) mass is 476 g/mol. The highest BCUT2D eigenvalue weighted by molar-refractivity contribution is 5.98. The molecule has 1 aliphatic heterocycles. The number of rotatable bonds is 5. The van der Waals surface area contributed by atoms with E-state index in [0.29, 0.717) is 11.5 Å². The predicted molar refractivity (Wildman–Crippen MR) is 142 cm³/mol. The molecule has 2 aromatic heterocycles. The highest BCUT2D eigenvalue weighted by Gasteiger charge is 2.27. The van der Waals surface area contributed by atoms with Crippen molar-refractivity contribution < 1.29 is 4.74 Å². The number of fused-ring (bicyclic) bond motifs is 1. The summed E-state index contributed by atoms with van der Waals surface area (Å²) in [6, 6.07) is 26.7. The zero-order valence-corrected chi connectivity index (χ0v) is 19.7. The van der Waals surface area contributed by atoms with Gasteiger partial charge in [-0.2, -0.15) is 5.10 Å². The van der Waals surface area contributed by atoms with Gasteiger partial charge in [-0.1, -0.05) is 18.2 Å². The molecule has 0 saturated carbocycles. The first-order valence-electron chi connectivity index (χ1n) is 12.0. The van der Waals surface area contributed by atoms with E-state index in [1.807, 2.05) is 77.5 Å². The van der Waals surface area contributed by atoms with Crippen LogP contribution >= 0.6 is 0 Å². The van der Waals surface area contributed by atoms with Crippen LogP contribution in [0, 0.1) is 6.07 Å². The number of ether oxygens (including phenoxy) is 1. The van der Waals surface area contributed by atoms with Crippen molar-refractivity contribution in [2.24, 2.45) is 0 Å². The molecule has 0 amide bonds. The SMILES string of the molecule is Nc1[c]cc(N2CCCC(n3nc(-c4ccc(Oc5ccccc5)cc4)c4c(N)ncnc43)C2)cc1. The fourth-order valence-corrected chi connectivity index (χ4v) is 4.77. The molecule has 36 heavy (non-hydrogen) atoms.